The van der Waals surface area contributed by atoms with Gasteiger partial charge in [0.2, 0.25) is 11.7 Å². The van der Waals surface area contributed by atoms with Crippen molar-refractivity contribution in [3.05, 3.63) is 40.2 Å². The van der Waals surface area contributed by atoms with Gasteiger partial charge in [-0.1, -0.05) is 0 Å². The van der Waals surface area contributed by atoms with Gasteiger partial charge in [-0.2, -0.15) is 0 Å². The summed E-state index contributed by atoms with van der Waals surface area (Å²) in [6, 6.07) is 6.39. The van der Waals surface area contributed by atoms with E-state index in [4.69, 9.17) is 18.7 Å². The maximum absolute atomic E-state index is 11.8. The molecule has 2 heterocycles. The van der Waals surface area contributed by atoms with Gasteiger partial charge in [0.05, 0.1) is 19.9 Å². The number of hydrogen-bond acceptors (Lipinski definition) is 6. The fraction of sp³-hybridized carbons (Fsp3) is 0.250. The number of rotatable bonds is 4. The highest BCUT2D eigenvalue weighted by molar-refractivity contribution is 5.76. The second-order valence-electron chi connectivity index (χ2n) is 4.85. The van der Waals surface area contributed by atoms with Crippen LogP contribution in [0.15, 0.2) is 33.5 Å². The molecule has 23 heavy (non-hydrogen) atoms. The van der Waals surface area contributed by atoms with Crippen LogP contribution in [0.1, 0.15) is 5.76 Å². The van der Waals surface area contributed by atoms with Crippen molar-refractivity contribution in [1.29, 1.82) is 0 Å². The zero-order valence-electron chi connectivity index (χ0n) is 13.2. The summed E-state index contributed by atoms with van der Waals surface area (Å²) in [6.45, 7) is 1.83. The van der Waals surface area contributed by atoms with Gasteiger partial charge in [-0.3, -0.25) is 4.79 Å². The summed E-state index contributed by atoms with van der Waals surface area (Å²) in [6.07, 6.45) is 0. The maximum Gasteiger partial charge on any atom is 0.243 e. The number of benzene rings is 1. The van der Waals surface area contributed by atoms with Gasteiger partial charge in [-0.15, -0.1) is 4.73 Å². The lowest BCUT2D eigenvalue weighted by molar-refractivity contribution is 0.137. The largest absolute Gasteiger partial charge is 0.496 e. The zero-order chi connectivity index (χ0) is 16.6. The van der Waals surface area contributed by atoms with Crippen LogP contribution >= 0.6 is 0 Å². The average molecular weight is 316 g/mol. The van der Waals surface area contributed by atoms with E-state index in [0.717, 1.165) is 5.76 Å². The van der Waals surface area contributed by atoms with Gasteiger partial charge in [-0.05, 0) is 19.1 Å². The third-order valence-electron chi connectivity index (χ3n) is 3.43. The lowest BCUT2D eigenvalue weighted by Gasteiger charge is -2.20. The maximum atomic E-state index is 11.8. The molecule has 0 bridgehead atoms. The highest BCUT2D eigenvalue weighted by Crippen LogP contribution is 2.39. The van der Waals surface area contributed by atoms with E-state index in [1.165, 1.54) is 38.2 Å². The molecule has 0 N–H and O–H groups in total. The van der Waals surface area contributed by atoms with Crippen molar-refractivity contribution >= 4 is 0 Å². The molecule has 1 aliphatic heterocycles. The highest BCUT2D eigenvalue weighted by atomic mass is 16.7. The second-order valence-corrected chi connectivity index (χ2v) is 4.85. The van der Waals surface area contributed by atoms with Crippen LogP contribution in [0.25, 0.3) is 22.8 Å². The number of aromatic nitrogens is 2. The fourth-order valence-electron chi connectivity index (χ4n) is 2.46. The quantitative estimate of drug-likeness (QED) is 0.733. The molecule has 1 aromatic rings. The fourth-order valence-corrected chi connectivity index (χ4v) is 2.46. The van der Waals surface area contributed by atoms with Crippen LogP contribution in [0.4, 0.5) is 0 Å². The van der Waals surface area contributed by atoms with Gasteiger partial charge < -0.3 is 18.7 Å². The molecule has 0 fully saturated rings. The van der Waals surface area contributed by atoms with E-state index in [0.29, 0.717) is 34.5 Å². The first-order chi connectivity index (χ1) is 11.1. The van der Waals surface area contributed by atoms with Crippen LogP contribution in [-0.2, 0) is 0 Å². The SMILES string of the molecule is COc1cc(=O)cc2nc(-c3ccc(C)o3)n(OC)c(OC)c1-2. The van der Waals surface area contributed by atoms with Crippen molar-refractivity contribution in [3.8, 4) is 34.5 Å². The highest BCUT2D eigenvalue weighted by Gasteiger charge is 2.25. The third kappa shape index (κ3) is 2.40. The van der Waals surface area contributed by atoms with Gasteiger partial charge in [0.15, 0.2) is 11.2 Å². The summed E-state index contributed by atoms with van der Waals surface area (Å²) in [5.74, 6) is 2.35. The molecule has 0 aromatic carbocycles. The van der Waals surface area contributed by atoms with Crippen LogP contribution in [0.2, 0.25) is 0 Å². The Morgan fingerprint density at radius 3 is 2.48 bits per heavy atom. The summed E-state index contributed by atoms with van der Waals surface area (Å²) in [5.41, 5.74) is 0.771. The molecular weight excluding hydrogens is 300 g/mol. The van der Waals surface area contributed by atoms with Crippen LogP contribution in [0.3, 0.4) is 0 Å². The molecule has 0 spiro atoms. The van der Waals surface area contributed by atoms with E-state index >= 15 is 0 Å². The van der Waals surface area contributed by atoms with Crippen molar-refractivity contribution in [3.63, 3.8) is 0 Å². The van der Waals surface area contributed by atoms with E-state index < -0.39 is 0 Å². The molecule has 0 atom stereocenters. The van der Waals surface area contributed by atoms with Crippen molar-refractivity contribution in [2.24, 2.45) is 0 Å². The summed E-state index contributed by atoms with van der Waals surface area (Å²) >= 11 is 0. The van der Waals surface area contributed by atoms with Crippen LogP contribution < -0.4 is 19.7 Å². The van der Waals surface area contributed by atoms with Crippen molar-refractivity contribution in [2.75, 3.05) is 21.3 Å². The molecule has 120 valence electrons. The predicted octanol–water partition coefficient (Wildman–Crippen LogP) is 1.99. The lowest BCUT2D eigenvalue weighted by Crippen LogP contribution is -2.18. The molecule has 0 saturated heterocycles. The van der Waals surface area contributed by atoms with E-state index in [9.17, 15) is 4.79 Å². The predicted molar refractivity (Wildman–Crippen MR) is 83.2 cm³/mol. The molecule has 0 amide bonds. The average Bonchev–Trinajstić information content (AvgIpc) is 2.98. The molecule has 0 saturated carbocycles. The van der Waals surface area contributed by atoms with E-state index in [2.05, 4.69) is 4.98 Å². The van der Waals surface area contributed by atoms with Crippen molar-refractivity contribution in [2.45, 2.75) is 6.92 Å². The Bertz CT molecular complexity index is 881. The van der Waals surface area contributed by atoms with Gasteiger partial charge in [0.1, 0.15) is 24.2 Å². The number of methoxy groups -OCH3 is 2. The minimum Gasteiger partial charge on any atom is -0.496 e. The monoisotopic (exact) mass is 316 g/mol. The Morgan fingerprint density at radius 1 is 1.13 bits per heavy atom. The Morgan fingerprint density at radius 2 is 1.91 bits per heavy atom. The molecule has 7 heteroatoms. The summed E-state index contributed by atoms with van der Waals surface area (Å²) in [5, 5.41) is 0. The normalized spacial score (nSPS) is 10.8. The van der Waals surface area contributed by atoms with Crippen LogP contribution in [0.5, 0.6) is 11.6 Å². The molecule has 1 aromatic heterocycles. The van der Waals surface area contributed by atoms with E-state index in [-0.39, 0.29) is 5.43 Å². The minimum atomic E-state index is -0.208. The molecule has 2 aliphatic rings. The smallest absolute Gasteiger partial charge is 0.243 e. The number of furan rings is 1. The van der Waals surface area contributed by atoms with Gasteiger partial charge in [-0.25, -0.2) is 4.98 Å². The molecule has 7 nitrogen and oxygen atoms in total. The Labute approximate surface area is 132 Å². The van der Waals surface area contributed by atoms with Crippen molar-refractivity contribution < 1.29 is 18.7 Å². The number of fused-ring (bicyclic) bond motifs is 1. The molecule has 3 rings (SSSR count). The van der Waals surface area contributed by atoms with E-state index in [1.54, 1.807) is 6.07 Å². The summed E-state index contributed by atoms with van der Waals surface area (Å²) in [7, 11) is 4.48. The third-order valence-corrected chi connectivity index (χ3v) is 3.43. The molecule has 0 unspecified atom stereocenters. The van der Waals surface area contributed by atoms with Gasteiger partial charge >= 0.3 is 0 Å². The Hall–Kier alpha value is -2.96. The van der Waals surface area contributed by atoms with Crippen molar-refractivity contribution in [1.82, 2.24) is 9.71 Å². The Balaban J connectivity index is 2.43. The summed E-state index contributed by atoms with van der Waals surface area (Å²) in [4.78, 5) is 21.7. The topological polar surface area (TPSA) is 75.7 Å². The van der Waals surface area contributed by atoms with Crippen LogP contribution in [0, 0.1) is 6.92 Å². The Kier molecular flexibility index (Phi) is 3.69. The first-order valence-corrected chi connectivity index (χ1v) is 6.89. The number of aryl methyl sites for hydroxylation is 1. The van der Waals surface area contributed by atoms with E-state index in [1.807, 2.05) is 13.0 Å². The first-order valence-electron chi connectivity index (χ1n) is 6.89. The standard InChI is InChI=1S/C16H16N2O5/c1-9-5-6-12(23-9)15-17-11-7-10(19)8-13(20-2)14(11)16(21-3)18(15)22-4/h5-8H,1-4H3. The number of ether oxygens (including phenoxy) is 2. The molecular formula is C16H16N2O5. The minimum absolute atomic E-state index is 0.208. The first kappa shape index (κ1) is 15.0. The summed E-state index contributed by atoms with van der Waals surface area (Å²) < 4.78 is 17.8. The van der Waals surface area contributed by atoms with Gasteiger partial charge in [0.25, 0.3) is 0 Å². The van der Waals surface area contributed by atoms with Gasteiger partial charge in [0, 0.05) is 12.1 Å². The lowest BCUT2D eigenvalue weighted by atomic mass is 10.1. The molecule has 1 aliphatic carbocycles. The molecule has 0 radical (unpaired) electrons. The van der Waals surface area contributed by atoms with Crippen LogP contribution in [-0.4, -0.2) is 31.0 Å². The number of nitrogens with zero attached hydrogens (tertiary/aromatic N) is 2. The number of hydrogen-bond donors (Lipinski definition) is 0. The zero-order valence-corrected chi connectivity index (χ0v) is 13.2. The second kappa shape index (κ2) is 5.68.